The van der Waals surface area contributed by atoms with Gasteiger partial charge in [0.25, 0.3) is 0 Å². The molecular formula is C31H41ClFN3O6S. The number of hydroxylamine groups is 3. The number of nitrogens with zero attached hydrogens (tertiary/aromatic N) is 3. The molecule has 5 rings (SSSR count). The third kappa shape index (κ3) is 7.58. The molecule has 12 heteroatoms. The lowest BCUT2D eigenvalue weighted by Crippen LogP contribution is -2.49. The highest BCUT2D eigenvalue weighted by Gasteiger charge is 2.41. The molecule has 236 valence electrons. The number of halogens is 2. The lowest BCUT2D eigenvalue weighted by atomic mass is 9.84. The van der Waals surface area contributed by atoms with Gasteiger partial charge in [-0.25, -0.2) is 12.8 Å². The van der Waals surface area contributed by atoms with Crippen LogP contribution in [0.1, 0.15) is 49.7 Å². The fourth-order valence-corrected chi connectivity index (χ4v) is 8.73. The largest absolute Gasteiger partial charge is 0.633 e. The van der Waals surface area contributed by atoms with Crippen LogP contribution in [0.3, 0.4) is 0 Å². The second-order valence-corrected chi connectivity index (χ2v) is 14.2. The summed E-state index contributed by atoms with van der Waals surface area (Å²) in [6.07, 6.45) is 4.33. The lowest BCUT2D eigenvalue weighted by molar-refractivity contribution is -0.868. The highest BCUT2D eigenvalue weighted by atomic mass is 35.5. The molecule has 1 amide bonds. The van der Waals surface area contributed by atoms with Crippen LogP contribution >= 0.6 is 11.6 Å². The van der Waals surface area contributed by atoms with Crippen molar-refractivity contribution in [2.24, 2.45) is 0 Å². The van der Waals surface area contributed by atoms with Gasteiger partial charge in [0, 0.05) is 38.5 Å². The minimum atomic E-state index is -3.82. The summed E-state index contributed by atoms with van der Waals surface area (Å²) in [5, 5.41) is 13.0. The molecule has 2 aromatic rings. The Kier molecular flexibility index (Phi) is 10.1. The Morgan fingerprint density at radius 2 is 1.84 bits per heavy atom. The van der Waals surface area contributed by atoms with Gasteiger partial charge in [0.1, 0.15) is 23.9 Å². The van der Waals surface area contributed by atoms with Gasteiger partial charge in [0.05, 0.1) is 36.9 Å². The molecule has 2 heterocycles. The van der Waals surface area contributed by atoms with Crippen LogP contribution in [0.4, 0.5) is 4.39 Å². The van der Waals surface area contributed by atoms with Crippen molar-refractivity contribution >= 4 is 27.5 Å². The molecule has 3 aliphatic rings. The van der Waals surface area contributed by atoms with Crippen molar-refractivity contribution in [3.63, 3.8) is 0 Å². The third-order valence-electron chi connectivity index (χ3n) is 8.90. The number of ether oxygens (including phenoxy) is 2. The normalized spacial score (nSPS) is 20.1. The van der Waals surface area contributed by atoms with E-state index in [1.54, 1.807) is 36.1 Å². The molecule has 0 atom stereocenters. The van der Waals surface area contributed by atoms with Crippen LogP contribution in [0.25, 0.3) is 0 Å². The minimum Gasteiger partial charge on any atom is -0.633 e. The highest BCUT2D eigenvalue weighted by Crippen LogP contribution is 2.38. The maximum atomic E-state index is 14.2. The Labute approximate surface area is 258 Å². The molecule has 3 fully saturated rings. The zero-order valence-corrected chi connectivity index (χ0v) is 26.3. The molecule has 1 aliphatic carbocycles. The summed E-state index contributed by atoms with van der Waals surface area (Å²) < 4.78 is 54.3. The van der Waals surface area contributed by atoms with E-state index >= 15 is 0 Å². The number of amides is 1. The zero-order chi connectivity index (χ0) is 30.7. The molecule has 0 N–H and O–H groups in total. The van der Waals surface area contributed by atoms with Crippen LogP contribution in [0.2, 0.25) is 5.02 Å². The molecule has 2 aliphatic heterocycles. The standard InChI is InChI=1S/C31H41ClFN3O6S/c1-24-6-4-9-28(32)30(24)43(39,40)35(27-10-11-27)16-20-41-23-29(37)34-14-12-31(13-15-34,25-7-5-8-26(33)22-25)42-21-19-36(38)17-2-3-18-36/h4-9,22,27H,2-3,10-21,23H2,1H3. The Hall–Kier alpha value is -2.12. The van der Waals surface area contributed by atoms with Crippen molar-refractivity contribution in [3.8, 4) is 0 Å². The second-order valence-electron chi connectivity index (χ2n) is 12.0. The molecule has 9 nitrogen and oxygen atoms in total. The summed E-state index contributed by atoms with van der Waals surface area (Å²) in [5.41, 5.74) is 0.516. The van der Waals surface area contributed by atoms with E-state index in [1.807, 2.05) is 6.07 Å². The monoisotopic (exact) mass is 637 g/mol. The van der Waals surface area contributed by atoms with E-state index in [4.69, 9.17) is 21.1 Å². The molecule has 1 saturated carbocycles. The molecule has 0 radical (unpaired) electrons. The Morgan fingerprint density at radius 3 is 2.49 bits per heavy atom. The van der Waals surface area contributed by atoms with Gasteiger partial charge >= 0.3 is 0 Å². The number of carbonyl (C=O) groups excluding carboxylic acids is 1. The summed E-state index contributed by atoms with van der Waals surface area (Å²) in [5.74, 6) is -0.553. The fourth-order valence-electron chi connectivity index (χ4n) is 6.28. The van der Waals surface area contributed by atoms with E-state index in [-0.39, 0.29) is 58.7 Å². The number of hydrogen-bond acceptors (Lipinski definition) is 6. The molecule has 0 unspecified atom stereocenters. The first-order chi connectivity index (χ1) is 20.5. The van der Waals surface area contributed by atoms with Crippen molar-refractivity contribution in [3.05, 3.63) is 69.6 Å². The second kappa shape index (κ2) is 13.5. The molecule has 0 spiro atoms. The number of sulfonamides is 1. The summed E-state index contributed by atoms with van der Waals surface area (Å²) in [6.45, 7) is 4.36. The van der Waals surface area contributed by atoms with Gasteiger partial charge in [0.15, 0.2) is 0 Å². The van der Waals surface area contributed by atoms with Crippen LogP contribution in [-0.4, -0.2) is 93.3 Å². The molecule has 2 aromatic carbocycles. The third-order valence-corrected chi connectivity index (χ3v) is 11.5. The fraction of sp³-hybridized carbons (Fsp3) is 0.581. The van der Waals surface area contributed by atoms with Gasteiger partial charge in [-0.2, -0.15) is 4.31 Å². The predicted octanol–water partition coefficient (Wildman–Crippen LogP) is 4.60. The summed E-state index contributed by atoms with van der Waals surface area (Å²) >= 11 is 6.27. The molecule has 0 aromatic heterocycles. The number of rotatable bonds is 13. The first kappa shape index (κ1) is 32.3. The van der Waals surface area contributed by atoms with Gasteiger partial charge < -0.3 is 24.2 Å². The topological polar surface area (TPSA) is 99.2 Å². The van der Waals surface area contributed by atoms with Crippen molar-refractivity contribution in [2.75, 3.05) is 59.1 Å². The van der Waals surface area contributed by atoms with Crippen LogP contribution < -0.4 is 0 Å². The Bertz CT molecular complexity index is 1370. The van der Waals surface area contributed by atoms with E-state index < -0.39 is 15.6 Å². The quantitative estimate of drug-likeness (QED) is 0.181. The van der Waals surface area contributed by atoms with Gasteiger partial charge in [-0.15, -0.1) is 0 Å². The molecular weight excluding hydrogens is 597 g/mol. The average molecular weight is 638 g/mol. The van der Waals surface area contributed by atoms with E-state index in [0.717, 1.165) is 25.7 Å². The predicted molar refractivity (Wildman–Crippen MR) is 161 cm³/mol. The molecule has 2 saturated heterocycles. The smallest absolute Gasteiger partial charge is 0.248 e. The summed E-state index contributed by atoms with van der Waals surface area (Å²) in [6, 6.07) is 11.3. The van der Waals surface area contributed by atoms with Crippen molar-refractivity contribution in [1.82, 2.24) is 9.21 Å². The number of carbonyl (C=O) groups is 1. The Balaban J connectivity index is 1.15. The van der Waals surface area contributed by atoms with E-state index in [2.05, 4.69) is 0 Å². The maximum Gasteiger partial charge on any atom is 0.248 e. The zero-order valence-electron chi connectivity index (χ0n) is 24.7. The van der Waals surface area contributed by atoms with Gasteiger partial charge in [-0.05, 0) is 61.9 Å². The first-order valence-electron chi connectivity index (χ1n) is 15.1. The van der Waals surface area contributed by atoms with Crippen LogP contribution in [-0.2, 0) is 29.9 Å². The number of benzene rings is 2. The first-order valence-corrected chi connectivity index (χ1v) is 16.9. The number of likely N-dealkylation sites (tertiary alicyclic amines) is 2. The lowest BCUT2D eigenvalue weighted by Gasteiger charge is -2.44. The van der Waals surface area contributed by atoms with E-state index in [1.165, 1.54) is 16.4 Å². The summed E-state index contributed by atoms with van der Waals surface area (Å²) in [7, 11) is -3.82. The van der Waals surface area contributed by atoms with Crippen LogP contribution in [0.5, 0.6) is 0 Å². The van der Waals surface area contributed by atoms with Crippen LogP contribution in [0, 0.1) is 17.9 Å². The SMILES string of the molecule is Cc1cccc(Cl)c1S(=O)(=O)N(CCOCC(=O)N1CCC(OCC[N+]2([O-])CCCC2)(c2cccc(F)c2)CC1)C1CC1. The number of quaternary nitrogens is 1. The van der Waals surface area contributed by atoms with E-state index in [9.17, 15) is 22.8 Å². The number of piperidine rings is 1. The van der Waals surface area contributed by atoms with Crippen molar-refractivity contribution < 1.29 is 31.7 Å². The highest BCUT2D eigenvalue weighted by molar-refractivity contribution is 7.89. The van der Waals surface area contributed by atoms with Crippen LogP contribution in [0.15, 0.2) is 47.4 Å². The summed E-state index contributed by atoms with van der Waals surface area (Å²) in [4.78, 5) is 14.9. The number of aryl methyl sites for hydroxylation is 1. The van der Waals surface area contributed by atoms with E-state index in [0.29, 0.717) is 56.7 Å². The van der Waals surface area contributed by atoms with Crippen molar-refractivity contribution in [2.45, 2.75) is 62.0 Å². The minimum absolute atomic E-state index is 0.0738. The van der Waals surface area contributed by atoms with Crippen molar-refractivity contribution in [1.29, 1.82) is 0 Å². The molecule has 43 heavy (non-hydrogen) atoms. The van der Waals surface area contributed by atoms with Gasteiger partial charge in [0.2, 0.25) is 15.9 Å². The molecule has 0 bridgehead atoms. The average Bonchev–Trinajstić information content (AvgIpc) is 3.71. The van der Waals surface area contributed by atoms with Gasteiger partial charge in [-0.3, -0.25) is 4.79 Å². The maximum absolute atomic E-state index is 14.2. The number of hydrogen-bond donors (Lipinski definition) is 0. The Morgan fingerprint density at radius 1 is 1.14 bits per heavy atom. The van der Waals surface area contributed by atoms with Gasteiger partial charge in [-0.1, -0.05) is 35.9 Å².